The fourth-order valence-corrected chi connectivity index (χ4v) is 4.01. The van der Waals surface area contributed by atoms with Gasteiger partial charge in [-0.2, -0.15) is 0 Å². The molecular weight excluding hydrogens is 425 g/mol. The number of nitrogens with zero attached hydrogens (tertiary/aromatic N) is 2. The Morgan fingerprint density at radius 2 is 1.80 bits per heavy atom. The van der Waals surface area contributed by atoms with E-state index in [0.717, 1.165) is 16.7 Å². The van der Waals surface area contributed by atoms with Crippen LogP contribution in [0.4, 0.5) is 13.2 Å². The van der Waals surface area contributed by atoms with Crippen LogP contribution >= 0.6 is 0 Å². The molecule has 0 saturated heterocycles. The maximum absolute atomic E-state index is 12.8. The van der Waals surface area contributed by atoms with Gasteiger partial charge in [0.05, 0.1) is 41.5 Å². The first-order chi connectivity index (χ1) is 14.0. The largest absolute Gasteiger partial charge is 0.573 e. The quantitative estimate of drug-likeness (QED) is 0.583. The Morgan fingerprint density at radius 3 is 2.43 bits per heavy atom. The number of ether oxygens (including phenoxy) is 2. The van der Waals surface area contributed by atoms with E-state index in [0.29, 0.717) is 11.3 Å². The van der Waals surface area contributed by atoms with Crippen LogP contribution in [-0.2, 0) is 16.4 Å². The molecule has 2 aromatic carbocycles. The summed E-state index contributed by atoms with van der Waals surface area (Å²) in [5, 5.41) is -0.0953. The third-order valence-corrected chi connectivity index (χ3v) is 6.18. The molecule has 30 heavy (non-hydrogen) atoms. The summed E-state index contributed by atoms with van der Waals surface area (Å²) in [5.41, 5.74) is -0.171. The molecule has 0 amide bonds. The van der Waals surface area contributed by atoms with Gasteiger partial charge in [-0.3, -0.25) is 9.36 Å². The van der Waals surface area contributed by atoms with Gasteiger partial charge in [-0.1, -0.05) is 6.92 Å². The van der Waals surface area contributed by atoms with Crippen molar-refractivity contribution >= 4 is 20.7 Å². The molecule has 0 radical (unpaired) electrons. The number of alkyl halides is 3. The van der Waals surface area contributed by atoms with Gasteiger partial charge in [0.15, 0.2) is 9.84 Å². The van der Waals surface area contributed by atoms with Crippen LogP contribution in [0.5, 0.6) is 11.5 Å². The van der Waals surface area contributed by atoms with Crippen LogP contribution in [0.2, 0.25) is 0 Å². The molecule has 0 unspecified atom stereocenters. The summed E-state index contributed by atoms with van der Waals surface area (Å²) in [6.07, 6.45) is -3.70. The number of benzene rings is 2. The highest BCUT2D eigenvalue weighted by Gasteiger charge is 2.31. The van der Waals surface area contributed by atoms with Crippen LogP contribution in [0.3, 0.4) is 0 Å². The van der Waals surface area contributed by atoms with Gasteiger partial charge in [-0.05, 0) is 42.0 Å². The number of fused-ring (bicyclic) bond motifs is 1. The molecule has 0 spiro atoms. The van der Waals surface area contributed by atoms with Crippen molar-refractivity contribution in [2.75, 3.05) is 12.9 Å². The van der Waals surface area contributed by atoms with Crippen LogP contribution in [0.15, 0.2) is 52.4 Å². The molecule has 1 heterocycles. The number of methoxy groups -OCH3 is 1. The van der Waals surface area contributed by atoms with E-state index in [9.17, 15) is 26.4 Å². The molecule has 11 heteroatoms. The molecule has 3 aromatic rings. The Bertz CT molecular complexity index is 1250. The normalized spacial score (nSPS) is 12.2. The minimum absolute atomic E-state index is 0.0342. The van der Waals surface area contributed by atoms with E-state index in [1.807, 2.05) is 0 Å². The lowest BCUT2D eigenvalue weighted by Gasteiger charge is -2.13. The first-order valence-corrected chi connectivity index (χ1v) is 10.3. The molecule has 0 aliphatic heterocycles. The van der Waals surface area contributed by atoms with Crippen molar-refractivity contribution in [1.29, 1.82) is 0 Å². The van der Waals surface area contributed by atoms with E-state index < -0.39 is 27.5 Å². The summed E-state index contributed by atoms with van der Waals surface area (Å²) in [4.78, 5) is 17.0. The van der Waals surface area contributed by atoms with Crippen molar-refractivity contribution in [3.8, 4) is 11.5 Å². The second-order valence-electron chi connectivity index (χ2n) is 6.28. The summed E-state index contributed by atoms with van der Waals surface area (Å²) in [7, 11) is -2.18. The number of hydrogen-bond acceptors (Lipinski definition) is 6. The van der Waals surface area contributed by atoms with Crippen LogP contribution in [0.25, 0.3) is 10.9 Å². The fourth-order valence-electron chi connectivity index (χ4n) is 2.90. The third-order valence-electron chi connectivity index (χ3n) is 4.35. The molecule has 0 bridgehead atoms. The van der Waals surface area contributed by atoms with Gasteiger partial charge in [0.25, 0.3) is 5.56 Å². The molecule has 0 fully saturated rings. The zero-order valence-corrected chi connectivity index (χ0v) is 16.7. The van der Waals surface area contributed by atoms with Gasteiger partial charge in [-0.25, -0.2) is 13.4 Å². The highest BCUT2D eigenvalue weighted by Crippen LogP contribution is 2.26. The summed E-state index contributed by atoms with van der Waals surface area (Å²) < 4.78 is 72.4. The van der Waals surface area contributed by atoms with E-state index in [1.165, 1.54) is 44.6 Å². The second-order valence-corrected chi connectivity index (χ2v) is 8.53. The monoisotopic (exact) mass is 442 g/mol. The lowest BCUT2D eigenvalue weighted by molar-refractivity contribution is -0.274. The van der Waals surface area contributed by atoms with Crippen molar-refractivity contribution in [3.63, 3.8) is 0 Å². The standard InChI is InChI=1S/C19H17F3N2O5S/c1-3-30(26,27)17-7-5-13(28-2)8-12(17)10-24-11-23-16-6-4-14(29-19(20,21)22)9-15(16)18(24)25/h4-9,11H,3,10H2,1-2H3. The summed E-state index contributed by atoms with van der Waals surface area (Å²) in [6.45, 7) is 1.33. The number of rotatable bonds is 6. The zero-order valence-electron chi connectivity index (χ0n) is 15.9. The minimum Gasteiger partial charge on any atom is -0.497 e. The number of hydrogen-bond donors (Lipinski definition) is 0. The van der Waals surface area contributed by atoms with Gasteiger partial charge in [0, 0.05) is 0 Å². The van der Waals surface area contributed by atoms with Crippen LogP contribution in [0.1, 0.15) is 12.5 Å². The minimum atomic E-state index is -4.90. The van der Waals surface area contributed by atoms with E-state index >= 15 is 0 Å². The molecular formula is C19H17F3N2O5S. The summed E-state index contributed by atoms with van der Waals surface area (Å²) >= 11 is 0. The molecule has 0 aliphatic rings. The molecule has 3 rings (SSSR count). The van der Waals surface area contributed by atoms with E-state index in [4.69, 9.17) is 4.74 Å². The van der Waals surface area contributed by atoms with E-state index in [1.54, 1.807) is 0 Å². The van der Waals surface area contributed by atoms with Crippen molar-refractivity contribution in [3.05, 3.63) is 58.6 Å². The first kappa shape index (κ1) is 21.6. The Kier molecular flexibility index (Phi) is 5.75. The highest BCUT2D eigenvalue weighted by molar-refractivity contribution is 7.91. The molecule has 1 aromatic heterocycles. The van der Waals surface area contributed by atoms with Gasteiger partial charge >= 0.3 is 6.36 Å². The topological polar surface area (TPSA) is 87.5 Å². The molecule has 160 valence electrons. The van der Waals surface area contributed by atoms with Crippen molar-refractivity contribution in [2.24, 2.45) is 0 Å². The molecule has 0 saturated carbocycles. The van der Waals surface area contributed by atoms with Crippen LogP contribution in [-0.4, -0.2) is 37.2 Å². The zero-order chi connectivity index (χ0) is 22.1. The van der Waals surface area contributed by atoms with Crippen molar-refractivity contribution < 1.29 is 31.1 Å². The summed E-state index contributed by atoms with van der Waals surface area (Å²) in [5.74, 6) is -0.306. The maximum Gasteiger partial charge on any atom is 0.573 e. The van der Waals surface area contributed by atoms with Gasteiger partial charge in [-0.15, -0.1) is 13.2 Å². The van der Waals surface area contributed by atoms with Crippen LogP contribution in [0, 0.1) is 0 Å². The lowest BCUT2D eigenvalue weighted by atomic mass is 10.2. The molecule has 0 N–H and O–H groups in total. The average molecular weight is 442 g/mol. The Morgan fingerprint density at radius 1 is 1.10 bits per heavy atom. The van der Waals surface area contributed by atoms with Crippen molar-refractivity contribution in [2.45, 2.75) is 24.7 Å². The SMILES string of the molecule is CCS(=O)(=O)c1ccc(OC)cc1Cn1cnc2ccc(OC(F)(F)F)cc2c1=O. The molecule has 0 atom stereocenters. The van der Waals surface area contributed by atoms with Gasteiger partial charge in [0.2, 0.25) is 0 Å². The summed E-state index contributed by atoms with van der Waals surface area (Å²) in [6, 6.07) is 7.61. The maximum atomic E-state index is 12.8. The lowest BCUT2D eigenvalue weighted by Crippen LogP contribution is -2.23. The van der Waals surface area contributed by atoms with Gasteiger partial charge < -0.3 is 9.47 Å². The Labute approximate surface area is 169 Å². The Hall–Kier alpha value is -3.08. The number of halogens is 3. The van der Waals surface area contributed by atoms with Gasteiger partial charge in [0.1, 0.15) is 11.5 Å². The van der Waals surface area contributed by atoms with E-state index in [-0.39, 0.29) is 28.1 Å². The van der Waals surface area contributed by atoms with E-state index in [2.05, 4.69) is 9.72 Å². The highest BCUT2D eigenvalue weighted by atomic mass is 32.2. The predicted molar refractivity (Wildman–Crippen MR) is 103 cm³/mol. The predicted octanol–water partition coefficient (Wildman–Crippen LogP) is 3.15. The molecule has 0 aliphatic carbocycles. The first-order valence-electron chi connectivity index (χ1n) is 8.68. The van der Waals surface area contributed by atoms with Crippen LogP contribution < -0.4 is 15.0 Å². The number of aromatic nitrogens is 2. The smallest absolute Gasteiger partial charge is 0.497 e. The average Bonchev–Trinajstić information content (AvgIpc) is 2.69. The molecule has 7 nitrogen and oxygen atoms in total. The third kappa shape index (κ3) is 4.56. The fraction of sp³-hybridized carbons (Fsp3) is 0.263. The number of sulfone groups is 1. The van der Waals surface area contributed by atoms with Crippen molar-refractivity contribution in [1.82, 2.24) is 9.55 Å². The Balaban J connectivity index is 2.10. The second kappa shape index (κ2) is 7.98.